The maximum absolute atomic E-state index is 13.1. The van der Waals surface area contributed by atoms with Crippen LogP contribution in [0.15, 0.2) is 23.5 Å². The van der Waals surface area contributed by atoms with Crippen LogP contribution in [0.1, 0.15) is 64.9 Å². The number of aliphatic hydroxyl groups is 1. The largest absolute Gasteiger partial charge is 0.512 e. The van der Waals surface area contributed by atoms with Gasteiger partial charge >= 0.3 is 0 Å². The minimum Gasteiger partial charge on any atom is -0.512 e. The van der Waals surface area contributed by atoms with E-state index in [0.29, 0.717) is 5.56 Å². The van der Waals surface area contributed by atoms with Gasteiger partial charge in [-0.25, -0.2) is 0 Å². The molecule has 0 aromatic heterocycles. The average Bonchev–Trinajstić information content (AvgIpc) is 2.54. The lowest BCUT2D eigenvalue weighted by molar-refractivity contribution is -0.140. The van der Waals surface area contributed by atoms with Gasteiger partial charge in [-0.15, -0.1) is 0 Å². The van der Waals surface area contributed by atoms with Crippen molar-refractivity contribution in [2.45, 2.75) is 59.3 Å². The van der Waals surface area contributed by atoms with Crippen LogP contribution in [0.3, 0.4) is 0 Å². The number of benzene rings is 1. The predicted molar refractivity (Wildman–Crippen MR) is 115 cm³/mol. The van der Waals surface area contributed by atoms with Crippen LogP contribution in [-0.4, -0.2) is 27.6 Å². The van der Waals surface area contributed by atoms with Crippen molar-refractivity contribution >= 4 is 40.6 Å². The molecule has 0 saturated heterocycles. The zero-order valence-corrected chi connectivity index (χ0v) is 19.0. The number of rotatable bonds is 3. The number of phenolic OH excluding ortho intramolecular Hbond substituents is 1. The molecule has 7 heteroatoms. The van der Waals surface area contributed by atoms with Gasteiger partial charge in [0.05, 0.1) is 16.0 Å². The van der Waals surface area contributed by atoms with Crippen LogP contribution in [0.2, 0.25) is 10.0 Å². The van der Waals surface area contributed by atoms with Gasteiger partial charge in [-0.1, -0.05) is 50.9 Å². The SMILES string of the molecule is CC1(C)CC(=O)C([C@H](C2=C(O)CC(C)(C)CC2=O)c2cc(Cl)c(O)c(Cl)c2)C(=O)C1. The Morgan fingerprint density at radius 3 is 1.80 bits per heavy atom. The molecule has 0 bridgehead atoms. The third kappa shape index (κ3) is 4.28. The predicted octanol–water partition coefficient (Wildman–Crippen LogP) is 5.56. The summed E-state index contributed by atoms with van der Waals surface area (Å²) in [5.41, 5.74) is -0.474. The smallest absolute Gasteiger partial charge is 0.163 e. The Kier molecular flexibility index (Phi) is 5.85. The fourth-order valence-corrected chi connectivity index (χ4v) is 5.23. The molecule has 3 rings (SSSR count). The van der Waals surface area contributed by atoms with Crippen molar-refractivity contribution in [3.05, 3.63) is 39.1 Å². The van der Waals surface area contributed by atoms with Gasteiger partial charge in [0, 0.05) is 37.2 Å². The number of halogens is 2. The Morgan fingerprint density at radius 1 is 0.867 bits per heavy atom. The van der Waals surface area contributed by atoms with E-state index in [1.807, 2.05) is 27.7 Å². The maximum Gasteiger partial charge on any atom is 0.163 e. The summed E-state index contributed by atoms with van der Waals surface area (Å²) in [5, 5.41) is 20.7. The number of phenols is 1. The third-order valence-corrected chi connectivity index (χ3v) is 6.51. The topological polar surface area (TPSA) is 91.7 Å². The highest BCUT2D eigenvalue weighted by atomic mass is 35.5. The summed E-state index contributed by atoms with van der Waals surface area (Å²) in [4.78, 5) is 39.3. The molecule has 2 aliphatic rings. The van der Waals surface area contributed by atoms with Gasteiger partial charge in [0.1, 0.15) is 17.3 Å². The zero-order valence-electron chi connectivity index (χ0n) is 17.5. The lowest BCUT2D eigenvalue weighted by atomic mass is 9.62. The highest BCUT2D eigenvalue weighted by Crippen LogP contribution is 2.49. The molecule has 30 heavy (non-hydrogen) atoms. The molecule has 0 radical (unpaired) electrons. The van der Waals surface area contributed by atoms with Crippen LogP contribution >= 0.6 is 23.2 Å². The Hall–Kier alpha value is -1.85. The van der Waals surface area contributed by atoms with E-state index >= 15 is 0 Å². The maximum atomic E-state index is 13.1. The highest BCUT2D eigenvalue weighted by molar-refractivity contribution is 6.37. The quantitative estimate of drug-likeness (QED) is 0.585. The second kappa shape index (κ2) is 7.69. The van der Waals surface area contributed by atoms with Crippen molar-refractivity contribution in [3.63, 3.8) is 0 Å². The summed E-state index contributed by atoms with van der Waals surface area (Å²) in [7, 11) is 0. The van der Waals surface area contributed by atoms with Gasteiger partial charge in [-0.05, 0) is 28.5 Å². The summed E-state index contributed by atoms with van der Waals surface area (Å²) in [5.74, 6) is -3.42. The molecule has 5 nitrogen and oxygen atoms in total. The fourth-order valence-electron chi connectivity index (χ4n) is 4.72. The number of allylic oxidation sites excluding steroid dienone is 2. The minimum atomic E-state index is -1.11. The van der Waals surface area contributed by atoms with Crippen molar-refractivity contribution < 1.29 is 24.6 Å². The van der Waals surface area contributed by atoms with E-state index in [4.69, 9.17) is 23.2 Å². The first kappa shape index (κ1) is 22.8. The van der Waals surface area contributed by atoms with Gasteiger partial charge < -0.3 is 10.2 Å². The second-order valence-electron chi connectivity index (χ2n) is 10.0. The molecule has 2 N–H and O–H groups in total. The Balaban J connectivity index is 2.22. The lowest BCUT2D eigenvalue weighted by Gasteiger charge is -2.39. The van der Waals surface area contributed by atoms with Crippen LogP contribution in [0.5, 0.6) is 5.75 Å². The van der Waals surface area contributed by atoms with Gasteiger partial charge in [0.15, 0.2) is 11.5 Å². The van der Waals surface area contributed by atoms with E-state index < -0.39 is 22.7 Å². The standard InChI is InChI=1S/C23H26Cl2O5/c1-22(2)7-14(26)19(15(27)8-22)18(11-5-12(24)21(30)13(25)6-11)20-16(28)9-23(3,4)10-17(20)29/h5-6,18-19,28,30H,7-10H2,1-4H3/t18-/m1/s1. The molecule has 0 heterocycles. The molecule has 0 aliphatic heterocycles. The van der Waals surface area contributed by atoms with Crippen LogP contribution < -0.4 is 0 Å². The van der Waals surface area contributed by atoms with E-state index in [-0.39, 0.29) is 70.2 Å². The van der Waals surface area contributed by atoms with Crippen LogP contribution in [0.4, 0.5) is 0 Å². The normalized spacial score (nSPS) is 23.1. The van der Waals surface area contributed by atoms with E-state index in [2.05, 4.69) is 0 Å². The molecule has 1 atom stereocenters. The summed E-state index contributed by atoms with van der Waals surface area (Å²) in [6.07, 6.45) is 0.814. The van der Waals surface area contributed by atoms with Crippen LogP contribution in [0.25, 0.3) is 0 Å². The Labute approximate surface area is 186 Å². The monoisotopic (exact) mass is 452 g/mol. The van der Waals surface area contributed by atoms with Gasteiger partial charge in [-0.3, -0.25) is 14.4 Å². The molecular weight excluding hydrogens is 427 g/mol. The molecule has 0 amide bonds. The average molecular weight is 453 g/mol. The first-order valence-corrected chi connectivity index (χ1v) is 10.7. The van der Waals surface area contributed by atoms with Crippen molar-refractivity contribution in [1.82, 2.24) is 0 Å². The first-order valence-electron chi connectivity index (χ1n) is 9.91. The highest BCUT2D eigenvalue weighted by Gasteiger charge is 2.48. The number of hydrogen-bond acceptors (Lipinski definition) is 5. The minimum absolute atomic E-state index is 0.0535. The van der Waals surface area contributed by atoms with E-state index in [0.717, 1.165) is 0 Å². The molecule has 0 spiro atoms. The van der Waals surface area contributed by atoms with Crippen LogP contribution in [0, 0.1) is 16.7 Å². The third-order valence-electron chi connectivity index (χ3n) is 5.94. The van der Waals surface area contributed by atoms with Crippen molar-refractivity contribution in [1.29, 1.82) is 0 Å². The second-order valence-corrected chi connectivity index (χ2v) is 10.9. The van der Waals surface area contributed by atoms with Gasteiger partial charge in [-0.2, -0.15) is 0 Å². The number of ketones is 3. The van der Waals surface area contributed by atoms with Crippen LogP contribution in [-0.2, 0) is 14.4 Å². The van der Waals surface area contributed by atoms with Gasteiger partial charge in [0.25, 0.3) is 0 Å². The summed E-state index contributed by atoms with van der Waals surface area (Å²) < 4.78 is 0. The molecule has 1 aromatic rings. The Bertz CT molecular complexity index is 931. The summed E-state index contributed by atoms with van der Waals surface area (Å²) >= 11 is 12.2. The molecule has 1 aromatic carbocycles. The molecule has 0 unspecified atom stereocenters. The number of hydrogen-bond donors (Lipinski definition) is 2. The van der Waals surface area contributed by atoms with Crippen molar-refractivity contribution in [3.8, 4) is 5.75 Å². The van der Waals surface area contributed by atoms with E-state index in [9.17, 15) is 24.6 Å². The zero-order chi connectivity index (χ0) is 22.6. The van der Waals surface area contributed by atoms with Crippen molar-refractivity contribution in [2.75, 3.05) is 0 Å². The lowest BCUT2D eigenvalue weighted by Crippen LogP contribution is -2.43. The molecule has 162 valence electrons. The summed E-state index contributed by atoms with van der Waals surface area (Å²) in [6, 6.07) is 2.81. The van der Waals surface area contributed by atoms with E-state index in [1.165, 1.54) is 12.1 Å². The fraction of sp³-hybridized carbons (Fsp3) is 0.522. The first-order chi connectivity index (χ1) is 13.7. The van der Waals surface area contributed by atoms with E-state index in [1.54, 1.807) is 0 Å². The molecule has 1 fully saturated rings. The van der Waals surface area contributed by atoms with Gasteiger partial charge in [0.2, 0.25) is 0 Å². The number of Topliss-reactive ketones (excluding diaryl/α,β-unsaturated/α-hetero) is 3. The molecular formula is C23H26Cl2O5. The van der Waals surface area contributed by atoms with Crippen molar-refractivity contribution in [2.24, 2.45) is 16.7 Å². The number of carbonyl (C=O) groups is 3. The Morgan fingerprint density at radius 2 is 1.33 bits per heavy atom. The summed E-state index contributed by atoms with van der Waals surface area (Å²) in [6.45, 7) is 7.46. The number of carbonyl (C=O) groups excluding carboxylic acids is 3. The molecule has 1 saturated carbocycles. The number of aliphatic hydroxyl groups excluding tert-OH is 1. The number of aromatic hydroxyl groups is 1. The molecule has 2 aliphatic carbocycles.